The predicted octanol–water partition coefficient (Wildman–Crippen LogP) is 3.16. The van der Waals surface area contributed by atoms with E-state index < -0.39 is 0 Å². The third-order valence-corrected chi connectivity index (χ3v) is 5.42. The van der Waals surface area contributed by atoms with Crippen LogP contribution in [0.15, 0.2) is 53.1 Å². The van der Waals surface area contributed by atoms with Gasteiger partial charge in [-0.05, 0) is 43.7 Å². The first-order valence-corrected chi connectivity index (χ1v) is 10.2. The second-order valence-electron chi connectivity index (χ2n) is 7.38. The van der Waals surface area contributed by atoms with Gasteiger partial charge in [0.2, 0.25) is 0 Å². The maximum atomic E-state index is 12.2. The summed E-state index contributed by atoms with van der Waals surface area (Å²) in [6.07, 6.45) is 2.00. The van der Waals surface area contributed by atoms with Gasteiger partial charge in [-0.15, -0.1) is 12.4 Å². The van der Waals surface area contributed by atoms with Gasteiger partial charge < -0.3 is 20.5 Å². The molecule has 7 nitrogen and oxygen atoms in total. The molecule has 0 unspecified atom stereocenters. The molecule has 4 rings (SSSR count). The number of benzene rings is 2. The fraction of sp³-hybridized carbons (Fsp3) is 0.364. The zero-order valence-electron chi connectivity index (χ0n) is 16.9. The Bertz CT molecular complexity index is 969. The quantitative estimate of drug-likeness (QED) is 0.443. The number of nitrogens with two attached hydrogens (primary N) is 1. The number of halogens is 1. The van der Waals surface area contributed by atoms with E-state index in [1.165, 1.54) is 0 Å². The second-order valence-corrected chi connectivity index (χ2v) is 7.38. The number of anilines is 2. The number of nitrogen functional groups attached to an aromatic ring is 1. The predicted molar refractivity (Wildman–Crippen MR) is 122 cm³/mol. The van der Waals surface area contributed by atoms with Gasteiger partial charge >= 0.3 is 0 Å². The van der Waals surface area contributed by atoms with E-state index in [0.29, 0.717) is 17.8 Å². The van der Waals surface area contributed by atoms with Crippen molar-refractivity contribution < 1.29 is 9.32 Å². The molecule has 0 radical (unpaired) electrons. The summed E-state index contributed by atoms with van der Waals surface area (Å²) in [5, 5.41) is 8.30. The first-order chi connectivity index (χ1) is 14.2. The zero-order valence-corrected chi connectivity index (χ0v) is 17.7. The van der Waals surface area contributed by atoms with Crippen molar-refractivity contribution in [2.75, 3.05) is 49.9 Å². The lowest BCUT2D eigenvalue weighted by Gasteiger charge is -2.34. The third-order valence-electron chi connectivity index (χ3n) is 5.42. The van der Waals surface area contributed by atoms with Gasteiger partial charge in [0.05, 0.1) is 10.9 Å². The van der Waals surface area contributed by atoms with Crippen LogP contribution in [0.3, 0.4) is 0 Å². The van der Waals surface area contributed by atoms with Crippen molar-refractivity contribution in [3.8, 4) is 0 Å². The van der Waals surface area contributed by atoms with E-state index >= 15 is 0 Å². The fourth-order valence-corrected chi connectivity index (χ4v) is 3.75. The number of nitrogens with zero attached hydrogens (tertiary/aromatic N) is 3. The van der Waals surface area contributed by atoms with Gasteiger partial charge in [-0.3, -0.25) is 9.69 Å². The first kappa shape index (κ1) is 21.9. The molecule has 0 saturated carbocycles. The minimum atomic E-state index is -0.100. The van der Waals surface area contributed by atoms with E-state index in [1.54, 1.807) is 12.1 Å². The Hall–Kier alpha value is -2.77. The third kappa shape index (κ3) is 5.04. The minimum absolute atomic E-state index is 0. The zero-order chi connectivity index (χ0) is 20.1. The van der Waals surface area contributed by atoms with Gasteiger partial charge in [-0.1, -0.05) is 29.4 Å². The van der Waals surface area contributed by atoms with Crippen LogP contribution in [-0.2, 0) is 0 Å². The van der Waals surface area contributed by atoms with Gasteiger partial charge in [0.15, 0.2) is 11.4 Å². The van der Waals surface area contributed by atoms with Crippen LogP contribution in [0, 0.1) is 0 Å². The molecular formula is C22H28ClN5O2. The van der Waals surface area contributed by atoms with Crippen LogP contribution in [0.2, 0.25) is 0 Å². The van der Waals surface area contributed by atoms with Crippen LogP contribution in [0.25, 0.3) is 11.0 Å². The van der Waals surface area contributed by atoms with Crippen LogP contribution in [0.1, 0.15) is 23.2 Å². The Kier molecular flexibility index (Phi) is 7.54. The van der Waals surface area contributed by atoms with Crippen LogP contribution >= 0.6 is 12.4 Å². The average molecular weight is 430 g/mol. The van der Waals surface area contributed by atoms with Crippen molar-refractivity contribution in [1.29, 1.82) is 0 Å². The summed E-state index contributed by atoms with van der Waals surface area (Å²) >= 11 is 0. The number of fused-ring (bicyclic) bond motifs is 1. The summed E-state index contributed by atoms with van der Waals surface area (Å²) in [7, 11) is 0. The average Bonchev–Trinajstić information content (AvgIpc) is 3.18. The molecule has 1 amide bonds. The van der Waals surface area contributed by atoms with Gasteiger partial charge in [-0.2, -0.15) is 0 Å². The number of rotatable bonds is 7. The van der Waals surface area contributed by atoms with Crippen molar-refractivity contribution in [3.63, 3.8) is 0 Å². The molecule has 2 heterocycles. The lowest BCUT2D eigenvalue weighted by Crippen LogP contribution is -2.46. The normalized spacial score (nSPS) is 14.5. The summed E-state index contributed by atoms with van der Waals surface area (Å²) in [5.74, 6) is 0.847. The number of aromatic nitrogens is 1. The van der Waals surface area contributed by atoms with Crippen molar-refractivity contribution in [2.24, 2.45) is 0 Å². The molecule has 0 bridgehead atoms. The van der Waals surface area contributed by atoms with Crippen molar-refractivity contribution in [3.05, 3.63) is 54.1 Å². The molecule has 0 atom stereocenters. The van der Waals surface area contributed by atoms with E-state index in [4.69, 9.17) is 10.3 Å². The molecule has 3 aromatic rings. The number of nitrogens with one attached hydrogen (secondary N) is 1. The molecule has 1 aliphatic heterocycles. The van der Waals surface area contributed by atoms with Crippen molar-refractivity contribution in [2.45, 2.75) is 12.8 Å². The maximum Gasteiger partial charge on any atom is 0.253 e. The molecule has 0 aliphatic carbocycles. The molecule has 1 aliphatic rings. The molecule has 1 aromatic heterocycles. The minimum Gasteiger partial charge on any atom is -0.398 e. The van der Waals surface area contributed by atoms with Gasteiger partial charge in [0.1, 0.15) is 0 Å². The SMILES string of the molecule is Cl.Nc1ccccc1C(=O)NCCCCN1CCN(c2noc3ccccc23)CC1. The Balaban J connectivity index is 0.00000256. The molecule has 30 heavy (non-hydrogen) atoms. The Morgan fingerprint density at radius 1 is 1.03 bits per heavy atom. The maximum absolute atomic E-state index is 12.2. The van der Waals surface area contributed by atoms with E-state index in [9.17, 15) is 4.79 Å². The number of hydrogen-bond acceptors (Lipinski definition) is 6. The highest BCUT2D eigenvalue weighted by molar-refractivity contribution is 5.99. The molecule has 1 saturated heterocycles. The second kappa shape index (κ2) is 10.3. The number of amides is 1. The lowest BCUT2D eigenvalue weighted by molar-refractivity contribution is 0.0953. The van der Waals surface area contributed by atoms with Gasteiger partial charge in [0.25, 0.3) is 5.91 Å². The summed E-state index contributed by atoms with van der Waals surface area (Å²) in [4.78, 5) is 16.9. The van der Waals surface area contributed by atoms with E-state index in [2.05, 4.69) is 26.3 Å². The van der Waals surface area contributed by atoms with E-state index in [-0.39, 0.29) is 18.3 Å². The van der Waals surface area contributed by atoms with E-state index in [0.717, 1.165) is 62.4 Å². The number of carbonyl (C=O) groups excluding carboxylic acids is 1. The van der Waals surface area contributed by atoms with E-state index in [1.807, 2.05) is 30.3 Å². The highest BCUT2D eigenvalue weighted by Crippen LogP contribution is 2.26. The van der Waals surface area contributed by atoms with Crippen LogP contribution in [-0.4, -0.2) is 55.2 Å². The summed E-state index contributed by atoms with van der Waals surface area (Å²) in [6, 6.07) is 15.1. The molecule has 160 valence electrons. The largest absolute Gasteiger partial charge is 0.398 e. The summed E-state index contributed by atoms with van der Waals surface area (Å²) < 4.78 is 5.43. The molecule has 8 heteroatoms. The molecule has 3 N–H and O–H groups in total. The molecular weight excluding hydrogens is 402 g/mol. The first-order valence-electron chi connectivity index (χ1n) is 10.2. The highest BCUT2D eigenvalue weighted by Gasteiger charge is 2.21. The highest BCUT2D eigenvalue weighted by atomic mass is 35.5. The Morgan fingerprint density at radius 2 is 1.77 bits per heavy atom. The fourth-order valence-electron chi connectivity index (χ4n) is 3.75. The molecule has 2 aromatic carbocycles. The smallest absolute Gasteiger partial charge is 0.253 e. The van der Waals surface area contributed by atoms with Gasteiger partial charge in [0, 0.05) is 38.4 Å². The van der Waals surface area contributed by atoms with Crippen LogP contribution in [0.5, 0.6) is 0 Å². The number of piperazine rings is 1. The molecule has 0 spiro atoms. The summed E-state index contributed by atoms with van der Waals surface area (Å²) in [5.41, 5.74) is 7.74. The van der Waals surface area contributed by atoms with Gasteiger partial charge in [-0.25, -0.2) is 0 Å². The number of para-hydroxylation sites is 2. The topological polar surface area (TPSA) is 87.6 Å². The van der Waals surface area contributed by atoms with Crippen LogP contribution in [0.4, 0.5) is 11.5 Å². The number of unbranched alkanes of at least 4 members (excludes halogenated alkanes) is 1. The van der Waals surface area contributed by atoms with Crippen molar-refractivity contribution in [1.82, 2.24) is 15.4 Å². The standard InChI is InChI=1S/C22H27N5O2.ClH/c23-19-9-3-1-7-17(19)22(28)24-11-5-6-12-26-13-15-27(16-14-26)21-18-8-2-4-10-20(18)29-25-21;/h1-4,7-10H,5-6,11-16,23H2,(H,24,28);1H. The number of hydrogen-bond donors (Lipinski definition) is 2. The molecule has 1 fully saturated rings. The monoisotopic (exact) mass is 429 g/mol. The lowest BCUT2D eigenvalue weighted by atomic mass is 10.1. The summed E-state index contributed by atoms with van der Waals surface area (Å²) in [6.45, 7) is 5.61. The van der Waals surface area contributed by atoms with Crippen molar-refractivity contribution >= 4 is 40.8 Å². The Morgan fingerprint density at radius 3 is 2.57 bits per heavy atom. The number of carbonyl (C=O) groups is 1. The Labute approximate surface area is 182 Å². The van der Waals surface area contributed by atoms with Crippen LogP contribution < -0.4 is 16.0 Å².